The predicted molar refractivity (Wildman–Crippen MR) is 142 cm³/mol. The van der Waals surface area contributed by atoms with Gasteiger partial charge in [-0.1, -0.05) is 33.6 Å². The van der Waals surface area contributed by atoms with E-state index in [2.05, 4.69) is 30.6 Å². The number of aryl methyl sites for hydroxylation is 2. The summed E-state index contributed by atoms with van der Waals surface area (Å²) < 4.78 is 15.4. The van der Waals surface area contributed by atoms with E-state index in [1.807, 2.05) is 6.92 Å². The van der Waals surface area contributed by atoms with Crippen LogP contribution in [0, 0.1) is 18.7 Å². The van der Waals surface area contributed by atoms with Crippen molar-refractivity contribution in [3.63, 3.8) is 0 Å². The number of unbranched alkanes of at least 4 members (excludes halogenated alkanes) is 1. The van der Waals surface area contributed by atoms with Crippen LogP contribution in [0.3, 0.4) is 0 Å². The van der Waals surface area contributed by atoms with Crippen molar-refractivity contribution in [2.24, 2.45) is 5.92 Å². The van der Waals surface area contributed by atoms with Gasteiger partial charge in [-0.25, -0.2) is 19.0 Å². The van der Waals surface area contributed by atoms with Gasteiger partial charge < -0.3 is 9.80 Å². The van der Waals surface area contributed by atoms with Crippen molar-refractivity contribution in [1.29, 1.82) is 0 Å². The Morgan fingerprint density at radius 1 is 1.03 bits per heavy atom. The summed E-state index contributed by atoms with van der Waals surface area (Å²) in [6.07, 6.45) is 6.69. The number of hydrogen-bond acceptors (Lipinski definition) is 5. The quantitative estimate of drug-likeness (QED) is 0.395. The lowest BCUT2D eigenvalue weighted by Gasteiger charge is -2.26. The van der Waals surface area contributed by atoms with E-state index in [0.717, 1.165) is 98.6 Å². The minimum absolute atomic E-state index is 0.120. The highest BCUT2D eigenvalue weighted by Crippen LogP contribution is 2.30. The van der Waals surface area contributed by atoms with Crippen LogP contribution in [0.4, 0.5) is 10.2 Å². The van der Waals surface area contributed by atoms with Crippen LogP contribution in [0.25, 0.3) is 16.7 Å². The SMILES string of the molecule is CCCC[C@H](CC)C(=O)N1CCCN(c2nc(CCC)nc3c2c(C)nn3-c2ccc(F)cc2)CC1. The molecule has 3 heterocycles. The molecule has 0 unspecified atom stereocenters. The molecule has 0 aliphatic carbocycles. The minimum Gasteiger partial charge on any atom is -0.354 e. The fraction of sp³-hybridized carbons (Fsp3) is 0.571. The Labute approximate surface area is 213 Å². The topological polar surface area (TPSA) is 67.2 Å². The number of hydrogen-bond donors (Lipinski definition) is 0. The molecule has 36 heavy (non-hydrogen) atoms. The molecule has 8 heteroatoms. The van der Waals surface area contributed by atoms with Crippen molar-refractivity contribution < 1.29 is 9.18 Å². The zero-order valence-electron chi connectivity index (χ0n) is 22.1. The average Bonchev–Trinajstić information content (AvgIpc) is 3.05. The number of halogens is 1. The molecule has 1 atom stereocenters. The zero-order valence-corrected chi connectivity index (χ0v) is 22.1. The molecule has 3 aromatic rings. The van der Waals surface area contributed by atoms with Crippen LogP contribution < -0.4 is 4.90 Å². The number of rotatable bonds is 9. The van der Waals surface area contributed by atoms with Crippen LogP contribution in [-0.2, 0) is 11.2 Å². The van der Waals surface area contributed by atoms with Gasteiger partial charge in [0.05, 0.1) is 16.8 Å². The number of nitrogens with zero attached hydrogens (tertiary/aromatic N) is 6. The maximum Gasteiger partial charge on any atom is 0.225 e. The normalized spacial score (nSPS) is 15.4. The Balaban J connectivity index is 1.66. The minimum atomic E-state index is -0.280. The van der Waals surface area contributed by atoms with Crippen molar-refractivity contribution in [2.75, 3.05) is 31.1 Å². The predicted octanol–water partition coefficient (Wildman–Crippen LogP) is 5.47. The number of fused-ring (bicyclic) bond motifs is 1. The monoisotopic (exact) mass is 494 g/mol. The molecule has 2 aromatic heterocycles. The summed E-state index contributed by atoms with van der Waals surface area (Å²) in [5.74, 6) is 1.81. The van der Waals surface area contributed by atoms with Gasteiger partial charge in [-0.05, 0) is 56.9 Å². The second-order valence-corrected chi connectivity index (χ2v) is 9.80. The van der Waals surface area contributed by atoms with Gasteiger partial charge in [0.2, 0.25) is 5.91 Å². The van der Waals surface area contributed by atoms with E-state index >= 15 is 0 Å². The highest BCUT2D eigenvalue weighted by Gasteiger charge is 2.27. The third-order valence-electron chi connectivity index (χ3n) is 7.13. The smallest absolute Gasteiger partial charge is 0.225 e. The van der Waals surface area contributed by atoms with Crippen LogP contribution in [-0.4, -0.2) is 56.7 Å². The van der Waals surface area contributed by atoms with Crippen LogP contribution in [0.15, 0.2) is 24.3 Å². The van der Waals surface area contributed by atoms with Crippen molar-refractivity contribution in [3.05, 3.63) is 41.6 Å². The maximum absolute atomic E-state index is 13.6. The van der Waals surface area contributed by atoms with E-state index in [1.165, 1.54) is 12.1 Å². The first-order valence-electron chi connectivity index (χ1n) is 13.5. The van der Waals surface area contributed by atoms with E-state index in [-0.39, 0.29) is 11.7 Å². The van der Waals surface area contributed by atoms with Crippen molar-refractivity contribution in [1.82, 2.24) is 24.6 Å². The molecule has 0 N–H and O–H groups in total. The Morgan fingerprint density at radius 3 is 2.50 bits per heavy atom. The van der Waals surface area contributed by atoms with Crippen LogP contribution in [0.2, 0.25) is 0 Å². The molecule has 1 aliphatic rings. The number of benzene rings is 1. The molecule has 0 radical (unpaired) electrons. The molecular formula is C28H39FN6O. The molecule has 1 aromatic carbocycles. The Bertz CT molecular complexity index is 1170. The second-order valence-electron chi connectivity index (χ2n) is 9.80. The molecule has 0 bridgehead atoms. The Kier molecular flexibility index (Phi) is 8.54. The van der Waals surface area contributed by atoms with Gasteiger partial charge in [0.25, 0.3) is 0 Å². The van der Waals surface area contributed by atoms with Crippen LogP contribution in [0.5, 0.6) is 0 Å². The number of carbonyl (C=O) groups is 1. The van der Waals surface area contributed by atoms with E-state index in [9.17, 15) is 9.18 Å². The number of aromatic nitrogens is 4. The summed E-state index contributed by atoms with van der Waals surface area (Å²) in [5, 5.41) is 5.70. The average molecular weight is 495 g/mol. The van der Waals surface area contributed by atoms with E-state index in [4.69, 9.17) is 15.1 Å². The summed E-state index contributed by atoms with van der Waals surface area (Å²) in [6.45, 7) is 11.4. The van der Waals surface area contributed by atoms with Gasteiger partial charge in [0, 0.05) is 38.5 Å². The molecular weight excluding hydrogens is 455 g/mol. The third-order valence-corrected chi connectivity index (χ3v) is 7.13. The van der Waals surface area contributed by atoms with E-state index in [0.29, 0.717) is 12.5 Å². The first-order chi connectivity index (χ1) is 17.5. The first-order valence-corrected chi connectivity index (χ1v) is 13.5. The molecule has 0 saturated carbocycles. The van der Waals surface area contributed by atoms with Crippen LogP contribution in [0.1, 0.15) is 70.8 Å². The molecule has 7 nitrogen and oxygen atoms in total. The standard InChI is InChI=1S/C28H39FN6O/c1-5-8-11-21(7-3)28(36)34-17-9-16-33(18-19-34)26-25-20(4)32-35(23-14-12-22(29)13-15-23)27(25)31-24(30-26)10-6-2/h12-15,21H,5-11,16-19H2,1-4H3/t21-/m0/s1. The highest BCUT2D eigenvalue weighted by atomic mass is 19.1. The molecule has 1 amide bonds. The second kappa shape index (κ2) is 11.8. The number of carbonyl (C=O) groups excluding carboxylic acids is 1. The summed E-state index contributed by atoms with van der Waals surface area (Å²) >= 11 is 0. The Morgan fingerprint density at radius 2 is 1.81 bits per heavy atom. The molecule has 1 fully saturated rings. The zero-order chi connectivity index (χ0) is 25.7. The number of amides is 1. The highest BCUT2D eigenvalue weighted by molar-refractivity contribution is 5.91. The van der Waals surface area contributed by atoms with Gasteiger partial charge in [0.1, 0.15) is 17.5 Å². The van der Waals surface area contributed by atoms with E-state index < -0.39 is 0 Å². The first kappa shape index (κ1) is 26.0. The molecule has 4 rings (SSSR count). The lowest BCUT2D eigenvalue weighted by molar-refractivity contribution is -0.135. The van der Waals surface area contributed by atoms with Gasteiger partial charge in [-0.3, -0.25) is 4.79 Å². The van der Waals surface area contributed by atoms with Crippen LogP contribution >= 0.6 is 0 Å². The lowest BCUT2D eigenvalue weighted by atomic mass is 9.97. The van der Waals surface area contributed by atoms with Gasteiger partial charge in [0.15, 0.2) is 5.65 Å². The fourth-order valence-corrected chi connectivity index (χ4v) is 5.09. The molecule has 0 spiro atoms. The van der Waals surface area contributed by atoms with Gasteiger partial charge in [-0.2, -0.15) is 5.10 Å². The fourth-order valence-electron chi connectivity index (χ4n) is 5.09. The summed E-state index contributed by atoms with van der Waals surface area (Å²) in [7, 11) is 0. The van der Waals surface area contributed by atoms with Gasteiger partial charge in [-0.15, -0.1) is 0 Å². The lowest BCUT2D eigenvalue weighted by Crippen LogP contribution is -2.39. The maximum atomic E-state index is 13.6. The summed E-state index contributed by atoms with van der Waals surface area (Å²) in [5.41, 5.74) is 2.36. The largest absolute Gasteiger partial charge is 0.354 e. The van der Waals surface area contributed by atoms with Crippen molar-refractivity contribution >= 4 is 22.8 Å². The molecule has 1 saturated heterocycles. The molecule has 194 valence electrons. The van der Waals surface area contributed by atoms with Gasteiger partial charge >= 0.3 is 0 Å². The summed E-state index contributed by atoms with van der Waals surface area (Å²) in [4.78, 5) is 27.5. The summed E-state index contributed by atoms with van der Waals surface area (Å²) in [6, 6.07) is 6.33. The van der Waals surface area contributed by atoms with E-state index in [1.54, 1.807) is 16.8 Å². The number of anilines is 1. The molecule has 1 aliphatic heterocycles. The van der Waals surface area contributed by atoms with Crippen molar-refractivity contribution in [3.8, 4) is 5.69 Å². The Hall–Kier alpha value is -3.03. The van der Waals surface area contributed by atoms with Crippen molar-refractivity contribution in [2.45, 2.75) is 72.6 Å². The third kappa shape index (κ3) is 5.52.